The second kappa shape index (κ2) is 11.9. The number of carbonyl (C=O) groups excluding carboxylic acids is 1. The molecule has 5 rings (SSSR count). The summed E-state index contributed by atoms with van der Waals surface area (Å²) in [4.78, 5) is 22.1. The maximum Gasteiger partial charge on any atom is 0.255 e. The van der Waals surface area contributed by atoms with Crippen molar-refractivity contribution in [2.75, 3.05) is 32.8 Å². The topological polar surface area (TPSA) is 45.7 Å². The molecule has 0 atom stereocenters. The van der Waals surface area contributed by atoms with Crippen LogP contribution in [0.25, 0.3) is 0 Å². The van der Waals surface area contributed by atoms with E-state index in [1.807, 2.05) is 24.0 Å². The highest BCUT2D eigenvalue weighted by molar-refractivity contribution is 5.94. The van der Waals surface area contributed by atoms with E-state index in [1.54, 1.807) is 6.20 Å². The molecule has 0 aliphatic carbocycles. The molecule has 5 heteroatoms. The van der Waals surface area contributed by atoms with Crippen LogP contribution in [0.2, 0.25) is 0 Å². The summed E-state index contributed by atoms with van der Waals surface area (Å²) >= 11 is 0. The van der Waals surface area contributed by atoms with Gasteiger partial charge in [0.15, 0.2) is 0 Å². The van der Waals surface area contributed by atoms with Gasteiger partial charge >= 0.3 is 0 Å². The van der Waals surface area contributed by atoms with Crippen LogP contribution in [-0.4, -0.2) is 53.5 Å². The number of piperidine rings is 1. The standard InChI is InChI=1S/C32H39N3O2/c1-26-14-15-29(23-33-26)31(36)35-19-17-32(18-20-35)16-8-7-12-28-11-5-6-13-30(28)37-22-21-34(25-32)24-27-9-3-2-4-10-27/h2-6,9-11,13-15,23H,7-8,12,16-22,24-25H2,1H3. The molecule has 2 aliphatic heterocycles. The first kappa shape index (κ1) is 25.5. The molecule has 0 N–H and O–H groups in total. The Bertz CT molecular complexity index is 1150. The monoisotopic (exact) mass is 497 g/mol. The number of pyridine rings is 1. The number of aryl methyl sites for hydroxylation is 2. The van der Waals surface area contributed by atoms with Gasteiger partial charge in [0.05, 0.1) is 5.56 Å². The molecule has 3 aromatic rings. The molecule has 194 valence electrons. The van der Waals surface area contributed by atoms with E-state index >= 15 is 0 Å². The number of aromatic nitrogens is 1. The molecule has 1 aromatic heterocycles. The molecule has 3 heterocycles. The predicted molar refractivity (Wildman–Crippen MR) is 148 cm³/mol. The number of hydrogen-bond donors (Lipinski definition) is 0. The molecule has 1 saturated heterocycles. The third kappa shape index (κ3) is 6.58. The number of nitrogens with zero attached hydrogens (tertiary/aromatic N) is 3. The van der Waals surface area contributed by atoms with E-state index in [-0.39, 0.29) is 11.3 Å². The number of fused-ring (bicyclic) bond motifs is 1. The highest BCUT2D eigenvalue weighted by Crippen LogP contribution is 2.39. The largest absolute Gasteiger partial charge is 0.492 e. The maximum atomic E-state index is 13.2. The average molecular weight is 498 g/mol. The van der Waals surface area contributed by atoms with E-state index in [4.69, 9.17) is 4.74 Å². The number of likely N-dealkylation sites (tertiary alicyclic amines) is 1. The molecule has 0 bridgehead atoms. The fourth-order valence-corrected chi connectivity index (χ4v) is 5.93. The maximum absolute atomic E-state index is 13.2. The van der Waals surface area contributed by atoms with Gasteiger partial charge in [0.2, 0.25) is 0 Å². The van der Waals surface area contributed by atoms with Crippen molar-refractivity contribution in [1.29, 1.82) is 0 Å². The summed E-state index contributed by atoms with van der Waals surface area (Å²) in [6.45, 7) is 7.11. The fourth-order valence-electron chi connectivity index (χ4n) is 5.93. The van der Waals surface area contributed by atoms with Gasteiger partial charge in [-0.25, -0.2) is 0 Å². The van der Waals surface area contributed by atoms with Gasteiger partial charge in [0.1, 0.15) is 12.4 Å². The van der Waals surface area contributed by atoms with E-state index < -0.39 is 0 Å². The Morgan fingerprint density at radius 2 is 1.70 bits per heavy atom. The number of carbonyl (C=O) groups is 1. The van der Waals surface area contributed by atoms with E-state index in [0.29, 0.717) is 12.2 Å². The second-order valence-electron chi connectivity index (χ2n) is 10.8. The van der Waals surface area contributed by atoms with Crippen LogP contribution in [0.4, 0.5) is 0 Å². The molecule has 2 aromatic carbocycles. The Balaban J connectivity index is 1.32. The SMILES string of the molecule is Cc1ccc(C(=O)N2CCC3(CCCCc4ccccc4OCCN(Cc4ccccc4)C3)CC2)cn1. The Labute approximate surface area is 221 Å². The van der Waals surface area contributed by atoms with E-state index in [2.05, 4.69) is 64.5 Å². The summed E-state index contributed by atoms with van der Waals surface area (Å²) in [5.74, 6) is 1.15. The van der Waals surface area contributed by atoms with E-state index in [0.717, 1.165) is 63.4 Å². The molecule has 0 radical (unpaired) electrons. The Morgan fingerprint density at radius 3 is 2.49 bits per heavy atom. The smallest absolute Gasteiger partial charge is 0.255 e. The number of para-hydroxylation sites is 1. The first-order chi connectivity index (χ1) is 18.1. The van der Waals surface area contributed by atoms with E-state index in [1.165, 1.54) is 30.4 Å². The van der Waals surface area contributed by atoms with Crippen molar-refractivity contribution >= 4 is 5.91 Å². The molecule has 0 unspecified atom stereocenters. The van der Waals surface area contributed by atoms with Crippen LogP contribution in [0.3, 0.4) is 0 Å². The normalized spacial score (nSPS) is 18.8. The third-order valence-corrected chi connectivity index (χ3v) is 8.12. The Morgan fingerprint density at radius 1 is 0.919 bits per heavy atom. The molecule has 2 aliphatic rings. The van der Waals surface area contributed by atoms with Crippen molar-refractivity contribution in [3.05, 3.63) is 95.3 Å². The fraction of sp³-hybridized carbons (Fsp3) is 0.438. The number of hydrogen-bond acceptors (Lipinski definition) is 4. The molecule has 5 nitrogen and oxygen atoms in total. The summed E-state index contributed by atoms with van der Waals surface area (Å²) < 4.78 is 6.31. The lowest BCUT2D eigenvalue weighted by atomic mass is 9.73. The zero-order valence-electron chi connectivity index (χ0n) is 22.1. The molecule has 1 spiro atoms. The van der Waals surface area contributed by atoms with Crippen LogP contribution in [0, 0.1) is 12.3 Å². The minimum atomic E-state index is 0.113. The molecule has 0 saturated carbocycles. The lowest BCUT2D eigenvalue weighted by molar-refractivity contribution is 0.0361. The Hall–Kier alpha value is -3.18. The first-order valence-corrected chi connectivity index (χ1v) is 13.8. The number of ether oxygens (including phenoxy) is 1. The van der Waals surface area contributed by atoms with Crippen molar-refractivity contribution in [3.63, 3.8) is 0 Å². The number of benzene rings is 2. The summed E-state index contributed by atoms with van der Waals surface area (Å²) in [6.07, 6.45) is 8.43. The van der Waals surface area contributed by atoms with Crippen molar-refractivity contribution in [3.8, 4) is 5.75 Å². The van der Waals surface area contributed by atoms with Gasteiger partial charge in [-0.3, -0.25) is 14.7 Å². The predicted octanol–water partition coefficient (Wildman–Crippen LogP) is 5.92. The van der Waals surface area contributed by atoms with E-state index in [9.17, 15) is 4.79 Å². The highest BCUT2D eigenvalue weighted by Gasteiger charge is 2.37. The average Bonchev–Trinajstić information content (AvgIpc) is 2.92. The van der Waals surface area contributed by atoms with Crippen LogP contribution < -0.4 is 4.74 Å². The van der Waals surface area contributed by atoms with Gasteiger partial charge in [0.25, 0.3) is 5.91 Å². The van der Waals surface area contributed by atoms with Gasteiger partial charge < -0.3 is 9.64 Å². The van der Waals surface area contributed by atoms with Crippen LogP contribution in [-0.2, 0) is 13.0 Å². The summed E-state index contributed by atoms with van der Waals surface area (Å²) in [5, 5.41) is 0. The summed E-state index contributed by atoms with van der Waals surface area (Å²) in [5.41, 5.74) is 4.51. The van der Waals surface area contributed by atoms with Gasteiger partial charge in [-0.15, -0.1) is 0 Å². The van der Waals surface area contributed by atoms with Gasteiger partial charge in [-0.1, -0.05) is 55.0 Å². The van der Waals surface area contributed by atoms with Crippen LogP contribution in [0.1, 0.15) is 59.3 Å². The minimum absolute atomic E-state index is 0.113. The molecule has 1 fully saturated rings. The minimum Gasteiger partial charge on any atom is -0.492 e. The second-order valence-corrected chi connectivity index (χ2v) is 10.8. The quantitative estimate of drug-likeness (QED) is 0.451. The number of amides is 1. The lowest BCUT2D eigenvalue weighted by Crippen LogP contribution is -2.48. The molecular weight excluding hydrogens is 458 g/mol. The summed E-state index contributed by atoms with van der Waals surface area (Å²) in [6, 6.07) is 23.1. The van der Waals surface area contributed by atoms with Crippen molar-refractivity contribution in [2.24, 2.45) is 5.41 Å². The molecule has 1 amide bonds. The van der Waals surface area contributed by atoms with Crippen LogP contribution in [0.15, 0.2) is 72.9 Å². The summed E-state index contributed by atoms with van der Waals surface area (Å²) in [7, 11) is 0. The van der Waals surface area contributed by atoms with Crippen molar-refractivity contribution in [1.82, 2.24) is 14.8 Å². The van der Waals surface area contributed by atoms with Crippen molar-refractivity contribution < 1.29 is 9.53 Å². The zero-order valence-corrected chi connectivity index (χ0v) is 22.1. The van der Waals surface area contributed by atoms with Gasteiger partial charge in [-0.05, 0) is 73.8 Å². The number of rotatable bonds is 3. The Kier molecular flexibility index (Phi) is 8.20. The molecular formula is C32H39N3O2. The first-order valence-electron chi connectivity index (χ1n) is 13.8. The molecule has 37 heavy (non-hydrogen) atoms. The van der Waals surface area contributed by atoms with Crippen LogP contribution >= 0.6 is 0 Å². The highest BCUT2D eigenvalue weighted by atomic mass is 16.5. The van der Waals surface area contributed by atoms with Gasteiger partial charge in [-0.2, -0.15) is 0 Å². The van der Waals surface area contributed by atoms with Gasteiger partial charge in [0, 0.05) is 44.6 Å². The third-order valence-electron chi connectivity index (χ3n) is 8.12. The lowest BCUT2D eigenvalue weighted by Gasteiger charge is -2.45. The zero-order chi connectivity index (χ0) is 25.5. The van der Waals surface area contributed by atoms with Crippen LogP contribution in [0.5, 0.6) is 5.75 Å². The van der Waals surface area contributed by atoms with Crippen molar-refractivity contribution in [2.45, 2.75) is 52.0 Å².